The first-order valence-corrected chi connectivity index (χ1v) is 8.53. The van der Waals surface area contributed by atoms with Gasteiger partial charge in [-0.2, -0.15) is 13.2 Å². The van der Waals surface area contributed by atoms with Gasteiger partial charge in [0.05, 0.1) is 0 Å². The van der Waals surface area contributed by atoms with Crippen LogP contribution in [0.4, 0.5) is 18.9 Å². The molecule has 1 saturated carbocycles. The molecule has 1 saturated heterocycles. The van der Waals surface area contributed by atoms with Crippen LogP contribution in [0.2, 0.25) is 0 Å². The molecule has 3 rings (SSSR count). The summed E-state index contributed by atoms with van der Waals surface area (Å²) in [6, 6.07) is 6.98. The number of anilines is 1. The van der Waals surface area contributed by atoms with Crippen molar-refractivity contribution in [1.29, 1.82) is 0 Å². The van der Waals surface area contributed by atoms with Crippen molar-refractivity contribution in [1.82, 2.24) is 0 Å². The van der Waals surface area contributed by atoms with Crippen LogP contribution in [0, 0.1) is 5.41 Å². The summed E-state index contributed by atoms with van der Waals surface area (Å²) in [4.78, 5) is 2.34. The van der Waals surface area contributed by atoms with Gasteiger partial charge in [-0.05, 0) is 68.7 Å². The van der Waals surface area contributed by atoms with Gasteiger partial charge in [-0.1, -0.05) is 12.2 Å². The van der Waals surface area contributed by atoms with Gasteiger partial charge in [0.2, 0.25) is 0 Å². The Labute approximate surface area is 141 Å². The van der Waals surface area contributed by atoms with E-state index in [2.05, 4.69) is 11.5 Å². The standard InChI is InChI=1S/C19H24F3NO/c1-14-7-9-18(10-8-14)11-12-23(13-18)16-3-5-17(6-4-16)24-15(2)19(20,21)22/h3-6,15H,1,7-13H2,2H3/t15-/m1/s1. The zero-order valence-corrected chi connectivity index (χ0v) is 14.0. The number of halogens is 3. The number of benzene rings is 1. The summed E-state index contributed by atoms with van der Waals surface area (Å²) in [5.74, 6) is 0.256. The molecule has 2 aliphatic rings. The number of allylic oxidation sites excluding steroid dienone is 1. The molecule has 1 aromatic rings. The van der Waals surface area contributed by atoms with Crippen molar-refractivity contribution in [2.24, 2.45) is 5.41 Å². The molecule has 5 heteroatoms. The summed E-state index contributed by atoms with van der Waals surface area (Å²) < 4.78 is 42.6. The second kappa shape index (κ2) is 6.34. The highest BCUT2D eigenvalue weighted by molar-refractivity contribution is 5.50. The van der Waals surface area contributed by atoms with E-state index >= 15 is 0 Å². The van der Waals surface area contributed by atoms with Crippen LogP contribution in [0.5, 0.6) is 5.75 Å². The molecule has 2 fully saturated rings. The lowest BCUT2D eigenvalue weighted by molar-refractivity contribution is -0.189. The summed E-state index contributed by atoms with van der Waals surface area (Å²) in [6.45, 7) is 7.14. The average molecular weight is 339 g/mol. The zero-order chi connectivity index (χ0) is 17.4. The van der Waals surface area contributed by atoms with Crippen molar-refractivity contribution >= 4 is 5.69 Å². The Morgan fingerprint density at radius 2 is 1.75 bits per heavy atom. The highest BCUT2D eigenvalue weighted by Gasteiger charge is 2.40. The Morgan fingerprint density at radius 3 is 2.33 bits per heavy atom. The molecule has 1 aliphatic carbocycles. The molecule has 2 nitrogen and oxygen atoms in total. The maximum atomic E-state index is 12.6. The minimum atomic E-state index is -4.34. The summed E-state index contributed by atoms with van der Waals surface area (Å²) in [7, 11) is 0. The first-order chi connectivity index (χ1) is 11.3. The molecule has 0 N–H and O–H groups in total. The lowest BCUT2D eigenvalue weighted by Crippen LogP contribution is -2.31. The van der Waals surface area contributed by atoms with Crippen LogP contribution < -0.4 is 9.64 Å². The average Bonchev–Trinajstić information content (AvgIpc) is 2.94. The largest absolute Gasteiger partial charge is 0.481 e. The van der Waals surface area contributed by atoms with Crippen LogP contribution in [0.1, 0.15) is 39.0 Å². The van der Waals surface area contributed by atoms with Crippen molar-refractivity contribution < 1.29 is 17.9 Å². The third-order valence-corrected chi connectivity index (χ3v) is 5.43. The van der Waals surface area contributed by atoms with Crippen molar-refractivity contribution in [3.8, 4) is 5.75 Å². The van der Waals surface area contributed by atoms with Crippen LogP contribution >= 0.6 is 0 Å². The summed E-state index contributed by atoms with van der Waals surface area (Å²) >= 11 is 0. The van der Waals surface area contributed by atoms with Crippen molar-refractivity contribution in [3.05, 3.63) is 36.4 Å². The predicted octanol–water partition coefficient (Wildman–Crippen LogP) is 5.34. The van der Waals surface area contributed by atoms with Gasteiger partial charge < -0.3 is 9.64 Å². The quantitative estimate of drug-likeness (QED) is 0.689. The van der Waals surface area contributed by atoms with E-state index in [1.165, 1.54) is 24.8 Å². The molecule has 132 valence electrons. The molecule has 0 amide bonds. The molecule has 0 aromatic heterocycles. The van der Waals surface area contributed by atoms with Gasteiger partial charge in [0.15, 0.2) is 6.10 Å². The molecule has 0 radical (unpaired) electrons. The Kier molecular flexibility index (Phi) is 4.54. The van der Waals surface area contributed by atoms with Gasteiger partial charge in [-0.15, -0.1) is 0 Å². The monoisotopic (exact) mass is 339 g/mol. The molecule has 1 aliphatic heterocycles. The highest BCUT2D eigenvalue weighted by atomic mass is 19.4. The smallest absolute Gasteiger partial charge is 0.425 e. The Hall–Kier alpha value is -1.65. The highest BCUT2D eigenvalue weighted by Crippen LogP contribution is 2.46. The summed E-state index contributed by atoms with van der Waals surface area (Å²) in [5, 5.41) is 0. The third-order valence-electron chi connectivity index (χ3n) is 5.43. The molecule has 24 heavy (non-hydrogen) atoms. The Morgan fingerprint density at radius 1 is 1.12 bits per heavy atom. The molecular weight excluding hydrogens is 315 g/mol. The maximum absolute atomic E-state index is 12.6. The predicted molar refractivity (Wildman–Crippen MR) is 89.5 cm³/mol. The first kappa shape index (κ1) is 17.2. The van der Waals surface area contributed by atoms with E-state index < -0.39 is 12.3 Å². The summed E-state index contributed by atoms with van der Waals surface area (Å²) in [6.07, 6.45) is -0.312. The van der Waals surface area contributed by atoms with E-state index in [9.17, 15) is 13.2 Å². The normalized spacial score (nSPS) is 22.0. The van der Waals surface area contributed by atoms with Gasteiger partial charge in [-0.25, -0.2) is 0 Å². The van der Waals surface area contributed by atoms with Crippen LogP contribution in [-0.2, 0) is 0 Å². The number of alkyl halides is 3. The van der Waals surface area contributed by atoms with E-state index in [4.69, 9.17) is 4.74 Å². The maximum Gasteiger partial charge on any atom is 0.425 e. The SMILES string of the molecule is C=C1CCC2(CC1)CCN(c1ccc(O[C@H](C)C(F)(F)F)cc1)C2. The first-order valence-electron chi connectivity index (χ1n) is 8.53. The minimum Gasteiger partial charge on any atom is -0.481 e. The fourth-order valence-corrected chi connectivity index (χ4v) is 3.70. The van der Waals surface area contributed by atoms with Crippen LogP contribution in [0.3, 0.4) is 0 Å². The lowest BCUT2D eigenvalue weighted by Gasteiger charge is -2.34. The number of nitrogens with zero attached hydrogens (tertiary/aromatic N) is 1. The molecule has 1 atom stereocenters. The van der Waals surface area contributed by atoms with Crippen molar-refractivity contribution in [2.75, 3.05) is 18.0 Å². The van der Waals surface area contributed by atoms with Gasteiger partial charge in [0.1, 0.15) is 5.75 Å². The third kappa shape index (κ3) is 3.70. The number of hydrogen-bond donors (Lipinski definition) is 0. The van der Waals surface area contributed by atoms with Gasteiger partial charge in [0, 0.05) is 18.8 Å². The molecule has 1 aromatic carbocycles. The number of hydrogen-bond acceptors (Lipinski definition) is 2. The van der Waals surface area contributed by atoms with Gasteiger partial charge >= 0.3 is 6.18 Å². The fraction of sp³-hybridized carbons (Fsp3) is 0.579. The van der Waals surface area contributed by atoms with Gasteiger partial charge in [0.25, 0.3) is 0 Å². The van der Waals surface area contributed by atoms with Gasteiger partial charge in [-0.3, -0.25) is 0 Å². The molecular formula is C19H24F3NO. The Balaban J connectivity index is 1.61. The van der Waals surface area contributed by atoms with E-state index in [0.29, 0.717) is 5.41 Å². The van der Waals surface area contributed by atoms with Crippen LogP contribution in [-0.4, -0.2) is 25.4 Å². The van der Waals surface area contributed by atoms with E-state index in [0.717, 1.165) is 38.5 Å². The minimum absolute atomic E-state index is 0.256. The molecule has 0 bridgehead atoms. The molecule has 1 heterocycles. The zero-order valence-electron chi connectivity index (χ0n) is 14.0. The van der Waals surface area contributed by atoms with Crippen molar-refractivity contribution in [3.63, 3.8) is 0 Å². The Bertz CT molecular complexity index is 584. The number of ether oxygens (including phenoxy) is 1. The lowest BCUT2D eigenvalue weighted by atomic mass is 9.72. The fourth-order valence-electron chi connectivity index (χ4n) is 3.70. The van der Waals surface area contributed by atoms with Crippen LogP contribution in [0.25, 0.3) is 0 Å². The summed E-state index contributed by atoms with van der Waals surface area (Å²) in [5.41, 5.74) is 2.81. The van der Waals surface area contributed by atoms with Crippen molar-refractivity contribution in [2.45, 2.75) is 51.3 Å². The second-order valence-electron chi connectivity index (χ2n) is 7.22. The molecule has 0 unspecified atom stereocenters. The van der Waals surface area contributed by atoms with E-state index in [-0.39, 0.29) is 5.75 Å². The topological polar surface area (TPSA) is 12.5 Å². The second-order valence-corrected chi connectivity index (χ2v) is 7.22. The van der Waals surface area contributed by atoms with Crippen LogP contribution in [0.15, 0.2) is 36.4 Å². The number of rotatable bonds is 3. The molecule has 1 spiro atoms. The van der Waals surface area contributed by atoms with E-state index in [1.807, 2.05) is 12.1 Å². The van der Waals surface area contributed by atoms with E-state index in [1.54, 1.807) is 12.1 Å².